The Labute approximate surface area is 130 Å². The lowest BCUT2D eigenvalue weighted by atomic mass is 10.2. The lowest BCUT2D eigenvalue weighted by Gasteiger charge is -1.91. The normalized spacial score (nSPS) is 8.55. The molecule has 0 aliphatic carbocycles. The number of allylic oxidation sites excluding steroid dienone is 3. The van der Waals surface area contributed by atoms with Gasteiger partial charge in [-0.1, -0.05) is 83.9 Å². The Bertz CT molecular complexity index is 155. The van der Waals surface area contributed by atoms with Gasteiger partial charge in [0.15, 0.2) is 0 Å². The van der Waals surface area contributed by atoms with Crippen molar-refractivity contribution in [2.24, 2.45) is 0 Å². The second-order valence-corrected chi connectivity index (χ2v) is 5.00. The highest BCUT2D eigenvalue weighted by molar-refractivity contribution is 4.65. The molecule has 0 aliphatic rings. The molecule has 0 bridgehead atoms. The molecule has 0 aromatic heterocycles. The van der Waals surface area contributed by atoms with Crippen LogP contribution in [0.1, 0.15) is 91.4 Å². The van der Waals surface area contributed by atoms with Gasteiger partial charge in [0.1, 0.15) is 0 Å². The Balaban J connectivity index is -0.000000221. The summed E-state index contributed by atoms with van der Waals surface area (Å²) in [6.45, 7) is 17.5. The molecule has 0 saturated carbocycles. The number of hydrogen-bond donors (Lipinski definition) is 0. The maximum atomic E-state index is 3.66. The minimum Gasteiger partial charge on any atom is -0.103 e. The average Bonchev–Trinajstić information content (AvgIpc) is 2.49. The van der Waals surface area contributed by atoms with Crippen LogP contribution < -0.4 is 0 Å². The van der Waals surface area contributed by atoms with Gasteiger partial charge in [0.2, 0.25) is 0 Å². The summed E-state index contributed by atoms with van der Waals surface area (Å²) in [6, 6.07) is 0. The minimum atomic E-state index is 1.18. The van der Waals surface area contributed by atoms with Crippen molar-refractivity contribution in [3.63, 3.8) is 0 Å². The zero-order valence-corrected chi connectivity index (χ0v) is 14.6. The molecule has 20 heavy (non-hydrogen) atoms. The van der Waals surface area contributed by atoms with Gasteiger partial charge < -0.3 is 0 Å². The molecule has 0 nitrogen and oxygen atoms in total. The third-order valence-electron chi connectivity index (χ3n) is 2.79. The SMILES string of the molecule is C=CCCCC.C=CCCCC.C=CCCCCCC. The van der Waals surface area contributed by atoms with Crippen LogP contribution >= 0.6 is 0 Å². The van der Waals surface area contributed by atoms with Crippen LogP contribution in [0.15, 0.2) is 38.0 Å². The summed E-state index contributed by atoms with van der Waals surface area (Å²) in [6.07, 6.45) is 20.0. The quantitative estimate of drug-likeness (QED) is 0.267. The Hall–Kier alpha value is -0.780. The lowest BCUT2D eigenvalue weighted by Crippen LogP contribution is -1.71. The predicted molar refractivity (Wildman–Crippen MR) is 98.4 cm³/mol. The molecule has 0 atom stereocenters. The molecular weight excluding hydrogens is 240 g/mol. The van der Waals surface area contributed by atoms with Gasteiger partial charge in [-0.3, -0.25) is 0 Å². The molecule has 0 aliphatic heterocycles. The Morgan fingerprint density at radius 3 is 1.10 bits per heavy atom. The lowest BCUT2D eigenvalue weighted by molar-refractivity contribution is 0.675. The second kappa shape index (κ2) is 30.9. The number of hydrogen-bond acceptors (Lipinski definition) is 0. The molecule has 0 aromatic rings. The van der Waals surface area contributed by atoms with Gasteiger partial charge in [-0.05, 0) is 25.7 Å². The maximum absolute atomic E-state index is 3.66. The first-order valence-corrected chi connectivity index (χ1v) is 8.57. The fourth-order valence-electron chi connectivity index (χ4n) is 1.41. The number of rotatable bonds is 11. The van der Waals surface area contributed by atoms with E-state index >= 15 is 0 Å². The molecule has 120 valence electrons. The molecule has 0 rings (SSSR count). The van der Waals surface area contributed by atoms with Gasteiger partial charge in [0, 0.05) is 0 Å². The van der Waals surface area contributed by atoms with Gasteiger partial charge >= 0.3 is 0 Å². The molecule has 0 aromatic carbocycles. The second-order valence-electron chi connectivity index (χ2n) is 5.00. The van der Waals surface area contributed by atoms with Crippen LogP contribution in [0.2, 0.25) is 0 Å². The monoisotopic (exact) mass is 280 g/mol. The minimum absolute atomic E-state index is 1.18. The fraction of sp³-hybridized carbons (Fsp3) is 0.700. The van der Waals surface area contributed by atoms with Gasteiger partial charge in [-0.2, -0.15) is 0 Å². The first kappa shape index (κ1) is 24.3. The van der Waals surface area contributed by atoms with Gasteiger partial charge in [-0.15, -0.1) is 19.7 Å². The molecular formula is C20H40. The summed E-state index contributed by atoms with van der Waals surface area (Å²) in [4.78, 5) is 0. The van der Waals surface area contributed by atoms with E-state index in [-0.39, 0.29) is 0 Å². The maximum Gasteiger partial charge on any atom is -0.0353 e. The first-order chi connectivity index (χ1) is 9.74. The van der Waals surface area contributed by atoms with Crippen LogP contribution in [0.5, 0.6) is 0 Å². The summed E-state index contributed by atoms with van der Waals surface area (Å²) in [5.41, 5.74) is 0. The zero-order valence-electron chi connectivity index (χ0n) is 14.6. The van der Waals surface area contributed by atoms with Crippen molar-refractivity contribution in [2.45, 2.75) is 91.4 Å². The highest BCUT2D eigenvalue weighted by Gasteiger charge is 1.81. The molecule has 0 unspecified atom stereocenters. The molecule has 0 spiro atoms. The van der Waals surface area contributed by atoms with E-state index in [4.69, 9.17) is 0 Å². The van der Waals surface area contributed by atoms with Crippen LogP contribution in [0, 0.1) is 0 Å². The summed E-state index contributed by atoms with van der Waals surface area (Å²) < 4.78 is 0. The van der Waals surface area contributed by atoms with Crippen molar-refractivity contribution in [2.75, 3.05) is 0 Å². The molecule has 0 fully saturated rings. The largest absolute Gasteiger partial charge is 0.103 e. The van der Waals surface area contributed by atoms with E-state index in [1.165, 1.54) is 70.6 Å². The molecule has 0 saturated heterocycles. The zero-order chi connectivity index (χ0) is 15.9. The molecule has 0 heterocycles. The van der Waals surface area contributed by atoms with Crippen molar-refractivity contribution in [1.29, 1.82) is 0 Å². The molecule has 0 amide bonds. The summed E-state index contributed by atoms with van der Waals surface area (Å²) in [5.74, 6) is 0. The van der Waals surface area contributed by atoms with Crippen molar-refractivity contribution >= 4 is 0 Å². The summed E-state index contributed by atoms with van der Waals surface area (Å²) in [5, 5.41) is 0. The van der Waals surface area contributed by atoms with E-state index in [0.29, 0.717) is 0 Å². The van der Waals surface area contributed by atoms with E-state index in [1.54, 1.807) is 0 Å². The predicted octanol–water partition coefficient (Wildman–Crippen LogP) is 7.87. The van der Waals surface area contributed by atoms with E-state index in [9.17, 15) is 0 Å². The molecule has 0 heteroatoms. The standard InChI is InChI=1S/C8H16.2C6H12/c1-3-5-7-8-6-4-2;2*1-3-5-6-4-2/h3H,1,4-8H2,2H3;2*3H,1,4-6H2,2H3. The average molecular weight is 281 g/mol. The van der Waals surface area contributed by atoms with Crippen LogP contribution in [0.4, 0.5) is 0 Å². The first-order valence-electron chi connectivity index (χ1n) is 8.57. The van der Waals surface area contributed by atoms with E-state index in [2.05, 4.69) is 40.5 Å². The molecule has 0 N–H and O–H groups in total. The van der Waals surface area contributed by atoms with Crippen LogP contribution in [-0.2, 0) is 0 Å². The van der Waals surface area contributed by atoms with Gasteiger partial charge in [0.25, 0.3) is 0 Å². The van der Waals surface area contributed by atoms with Crippen LogP contribution in [0.3, 0.4) is 0 Å². The summed E-state index contributed by atoms with van der Waals surface area (Å²) >= 11 is 0. The smallest absolute Gasteiger partial charge is 0.0353 e. The number of unbranched alkanes of at least 4 members (excludes halogenated alkanes) is 8. The Kier molecular flexibility index (Phi) is 37.5. The fourth-order valence-corrected chi connectivity index (χ4v) is 1.41. The van der Waals surface area contributed by atoms with Gasteiger partial charge in [-0.25, -0.2) is 0 Å². The molecule has 0 radical (unpaired) electrons. The third-order valence-corrected chi connectivity index (χ3v) is 2.79. The van der Waals surface area contributed by atoms with E-state index in [0.717, 1.165) is 0 Å². The van der Waals surface area contributed by atoms with Crippen molar-refractivity contribution in [1.82, 2.24) is 0 Å². The van der Waals surface area contributed by atoms with Crippen molar-refractivity contribution in [3.8, 4) is 0 Å². The van der Waals surface area contributed by atoms with Gasteiger partial charge in [0.05, 0.1) is 0 Å². The van der Waals surface area contributed by atoms with Crippen molar-refractivity contribution < 1.29 is 0 Å². The topological polar surface area (TPSA) is 0 Å². The Morgan fingerprint density at radius 2 is 0.850 bits per heavy atom. The summed E-state index contributed by atoms with van der Waals surface area (Å²) in [7, 11) is 0. The van der Waals surface area contributed by atoms with E-state index < -0.39 is 0 Å². The third kappa shape index (κ3) is 43.4. The van der Waals surface area contributed by atoms with Crippen LogP contribution in [-0.4, -0.2) is 0 Å². The van der Waals surface area contributed by atoms with Crippen molar-refractivity contribution in [3.05, 3.63) is 38.0 Å². The van der Waals surface area contributed by atoms with Crippen LogP contribution in [0.25, 0.3) is 0 Å². The highest BCUT2D eigenvalue weighted by Crippen LogP contribution is 2.01. The van der Waals surface area contributed by atoms with E-state index in [1.807, 2.05) is 18.2 Å². The Morgan fingerprint density at radius 1 is 0.500 bits per heavy atom. The highest BCUT2D eigenvalue weighted by atomic mass is 13.9.